The van der Waals surface area contributed by atoms with Gasteiger partial charge < -0.3 is 4.42 Å². The van der Waals surface area contributed by atoms with Crippen molar-refractivity contribution in [3.05, 3.63) is 65.6 Å². The van der Waals surface area contributed by atoms with Crippen LogP contribution in [0.3, 0.4) is 0 Å². The molecule has 0 atom stereocenters. The third-order valence-corrected chi connectivity index (χ3v) is 4.01. The zero-order valence-electron chi connectivity index (χ0n) is 11.7. The summed E-state index contributed by atoms with van der Waals surface area (Å²) in [7, 11) is 0. The third kappa shape index (κ3) is 2.87. The summed E-state index contributed by atoms with van der Waals surface area (Å²) in [4.78, 5) is 5.01. The first-order valence-electron chi connectivity index (χ1n) is 6.58. The normalized spacial score (nSPS) is 10.4. The van der Waals surface area contributed by atoms with Crippen molar-refractivity contribution in [1.82, 2.24) is 4.98 Å². The molecule has 0 unspecified atom stereocenters. The first-order chi connectivity index (χ1) is 10.7. The predicted octanol–water partition coefficient (Wildman–Crippen LogP) is 4.81. The van der Waals surface area contributed by atoms with E-state index in [1.165, 1.54) is 17.8 Å². The molecular formula is C17H11FN2OS. The maximum atomic E-state index is 13.8. The molecule has 0 saturated heterocycles. The van der Waals surface area contributed by atoms with Gasteiger partial charge in [0.05, 0.1) is 5.56 Å². The Balaban J connectivity index is 1.97. The molecule has 0 aliphatic rings. The van der Waals surface area contributed by atoms with Crippen LogP contribution in [0.25, 0.3) is 11.5 Å². The van der Waals surface area contributed by atoms with Crippen LogP contribution in [0.15, 0.2) is 62.9 Å². The molecule has 0 aliphatic heterocycles. The van der Waals surface area contributed by atoms with Gasteiger partial charge in [0.15, 0.2) is 5.69 Å². The van der Waals surface area contributed by atoms with E-state index in [2.05, 4.69) is 4.98 Å². The Kier molecular flexibility index (Phi) is 3.94. The van der Waals surface area contributed by atoms with Crippen molar-refractivity contribution in [2.45, 2.75) is 16.9 Å². The summed E-state index contributed by atoms with van der Waals surface area (Å²) in [5.74, 6) is -0.315. The van der Waals surface area contributed by atoms with Crippen LogP contribution in [-0.4, -0.2) is 4.98 Å². The molecule has 1 heterocycles. The van der Waals surface area contributed by atoms with Crippen molar-refractivity contribution in [1.29, 1.82) is 5.26 Å². The van der Waals surface area contributed by atoms with Crippen molar-refractivity contribution in [2.24, 2.45) is 0 Å². The molecule has 3 aromatic rings. The molecule has 0 saturated carbocycles. The smallest absolute Gasteiger partial charge is 0.231 e. The second-order valence-electron chi connectivity index (χ2n) is 4.66. The first kappa shape index (κ1) is 14.4. The highest BCUT2D eigenvalue weighted by Gasteiger charge is 2.17. The summed E-state index contributed by atoms with van der Waals surface area (Å²) >= 11 is 1.29. The lowest BCUT2D eigenvalue weighted by molar-refractivity contribution is 0.479. The highest BCUT2D eigenvalue weighted by Crippen LogP contribution is 2.34. The van der Waals surface area contributed by atoms with E-state index < -0.39 is 5.82 Å². The Hall–Kier alpha value is -2.58. The van der Waals surface area contributed by atoms with Gasteiger partial charge in [-0.25, -0.2) is 4.39 Å². The molecule has 0 bridgehead atoms. The molecule has 108 valence electrons. The minimum absolute atomic E-state index is 0.115. The summed E-state index contributed by atoms with van der Waals surface area (Å²) in [5, 5.41) is 9.56. The number of oxazole rings is 1. The average molecular weight is 310 g/mol. The largest absolute Gasteiger partial charge is 0.428 e. The number of halogens is 1. The second kappa shape index (κ2) is 6.04. The van der Waals surface area contributed by atoms with Crippen LogP contribution >= 0.6 is 11.8 Å². The second-order valence-corrected chi connectivity index (χ2v) is 5.71. The highest BCUT2D eigenvalue weighted by atomic mass is 32.2. The molecule has 0 amide bonds. The zero-order valence-corrected chi connectivity index (χ0v) is 12.5. The van der Waals surface area contributed by atoms with Gasteiger partial charge in [-0.2, -0.15) is 10.2 Å². The Labute approximate surface area is 131 Å². The topological polar surface area (TPSA) is 49.8 Å². The van der Waals surface area contributed by atoms with Gasteiger partial charge in [-0.15, -0.1) is 0 Å². The fraction of sp³-hybridized carbons (Fsp3) is 0.0588. The van der Waals surface area contributed by atoms with E-state index in [4.69, 9.17) is 4.42 Å². The van der Waals surface area contributed by atoms with Crippen molar-refractivity contribution < 1.29 is 8.81 Å². The maximum absolute atomic E-state index is 13.8. The van der Waals surface area contributed by atoms with Crippen LogP contribution in [0.1, 0.15) is 11.3 Å². The number of benzene rings is 2. The summed E-state index contributed by atoms with van der Waals surface area (Å²) in [6.45, 7) is 2.00. The molecule has 3 rings (SSSR count). The molecule has 0 spiro atoms. The molecule has 5 heteroatoms. The van der Waals surface area contributed by atoms with E-state index in [9.17, 15) is 9.65 Å². The minimum Gasteiger partial charge on any atom is -0.428 e. The Morgan fingerprint density at radius 3 is 2.55 bits per heavy atom. The van der Waals surface area contributed by atoms with Crippen LogP contribution in [0, 0.1) is 24.1 Å². The fourth-order valence-electron chi connectivity index (χ4n) is 1.91. The zero-order chi connectivity index (χ0) is 15.5. The molecule has 0 radical (unpaired) electrons. The van der Waals surface area contributed by atoms with Crippen LogP contribution in [0.4, 0.5) is 4.39 Å². The van der Waals surface area contributed by atoms with Crippen LogP contribution in [-0.2, 0) is 0 Å². The molecule has 22 heavy (non-hydrogen) atoms. The van der Waals surface area contributed by atoms with Gasteiger partial charge in [0.1, 0.15) is 11.9 Å². The van der Waals surface area contributed by atoms with Crippen molar-refractivity contribution in [2.75, 3.05) is 0 Å². The minimum atomic E-state index is -0.430. The lowest BCUT2D eigenvalue weighted by Crippen LogP contribution is -1.83. The molecule has 0 N–H and O–H groups in total. The summed E-state index contributed by atoms with van der Waals surface area (Å²) < 4.78 is 19.4. The lowest BCUT2D eigenvalue weighted by atomic mass is 10.2. The first-order valence-corrected chi connectivity index (χ1v) is 7.39. The van der Waals surface area contributed by atoms with Crippen LogP contribution in [0.2, 0.25) is 0 Å². The Morgan fingerprint density at radius 2 is 1.86 bits per heavy atom. The van der Waals surface area contributed by atoms with Gasteiger partial charge in [-0.3, -0.25) is 0 Å². The average Bonchev–Trinajstić information content (AvgIpc) is 2.93. The van der Waals surface area contributed by atoms with E-state index in [-0.39, 0.29) is 17.1 Å². The van der Waals surface area contributed by atoms with Gasteiger partial charge in [0, 0.05) is 4.90 Å². The number of nitriles is 1. The van der Waals surface area contributed by atoms with E-state index in [0.717, 1.165) is 10.5 Å². The van der Waals surface area contributed by atoms with Crippen molar-refractivity contribution in [3.63, 3.8) is 0 Å². The number of hydrogen-bond donors (Lipinski definition) is 0. The quantitative estimate of drug-likeness (QED) is 0.696. The molecule has 0 aliphatic carbocycles. The van der Waals surface area contributed by atoms with E-state index >= 15 is 0 Å². The van der Waals surface area contributed by atoms with Crippen molar-refractivity contribution >= 4 is 11.8 Å². The van der Waals surface area contributed by atoms with Crippen LogP contribution < -0.4 is 0 Å². The summed E-state index contributed by atoms with van der Waals surface area (Å²) in [6, 6.07) is 16.0. The van der Waals surface area contributed by atoms with E-state index in [0.29, 0.717) is 5.09 Å². The fourth-order valence-corrected chi connectivity index (χ4v) is 2.70. The predicted molar refractivity (Wildman–Crippen MR) is 81.9 cm³/mol. The van der Waals surface area contributed by atoms with E-state index in [1.807, 2.05) is 37.3 Å². The summed E-state index contributed by atoms with van der Waals surface area (Å²) in [5.41, 5.74) is 1.55. The number of aryl methyl sites for hydroxylation is 1. The molecular weight excluding hydrogens is 299 g/mol. The van der Waals surface area contributed by atoms with Gasteiger partial charge in [0.2, 0.25) is 11.0 Å². The van der Waals surface area contributed by atoms with Gasteiger partial charge in [-0.05, 0) is 43.0 Å². The Bertz CT molecular complexity index is 850. The monoisotopic (exact) mass is 310 g/mol. The van der Waals surface area contributed by atoms with Gasteiger partial charge in [-0.1, -0.05) is 29.8 Å². The number of hydrogen-bond acceptors (Lipinski definition) is 4. The number of rotatable bonds is 3. The maximum Gasteiger partial charge on any atom is 0.231 e. The summed E-state index contributed by atoms with van der Waals surface area (Å²) in [6.07, 6.45) is 0. The SMILES string of the molecule is Cc1ccc(Sc2oc(-c3ccccc3F)nc2C#N)cc1. The van der Waals surface area contributed by atoms with E-state index in [1.54, 1.807) is 18.2 Å². The molecule has 0 fully saturated rings. The van der Waals surface area contributed by atoms with Crippen LogP contribution in [0.5, 0.6) is 0 Å². The lowest BCUT2D eigenvalue weighted by Gasteiger charge is -1.99. The highest BCUT2D eigenvalue weighted by molar-refractivity contribution is 7.99. The Morgan fingerprint density at radius 1 is 1.14 bits per heavy atom. The molecule has 2 aromatic carbocycles. The molecule has 1 aromatic heterocycles. The number of aromatic nitrogens is 1. The van der Waals surface area contributed by atoms with Gasteiger partial charge in [0.25, 0.3) is 0 Å². The third-order valence-electron chi connectivity index (χ3n) is 3.04. The van der Waals surface area contributed by atoms with Gasteiger partial charge >= 0.3 is 0 Å². The number of nitrogens with zero attached hydrogens (tertiary/aromatic N) is 2. The molecule has 3 nitrogen and oxygen atoms in total. The standard InChI is InChI=1S/C17H11FN2OS/c1-11-6-8-12(9-7-11)22-17-15(10-19)20-16(21-17)13-4-2-3-5-14(13)18/h2-9H,1H3. The van der Waals surface area contributed by atoms with Crippen molar-refractivity contribution in [3.8, 4) is 17.5 Å².